The Bertz CT molecular complexity index is 348. The van der Waals surface area contributed by atoms with Crippen LogP contribution in [0.5, 0.6) is 0 Å². The molecule has 0 spiro atoms. The number of hydrogen-bond donors (Lipinski definition) is 2. The summed E-state index contributed by atoms with van der Waals surface area (Å²) >= 11 is 0. The monoisotopic (exact) mass is 269 g/mol. The number of piperazine rings is 1. The molecular weight excluding hydrogens is 246 g/mol. The average molecular weight is 269 g/mol. The molecule has 2 N–H and O–H groups in total. The quantitative estimate of drug-likeness (QED) is 0.783. The molecule has 2 atom stereocenters. The van der Waals surface area contributed by atoms with Crippen molar-refractivity contribution in [2.45, 2.75) is 32.2 Å². The summed E-state index contributed by atoms with van der Waals surface area (Å²) in [5.41, 5.74) is 0. The zero-order valence-electron chi connectivity index (χ0n) is 11.5. The summed E-state index contributed by atoms with van der Waals surface area (Å²) in [5, 5.41) is 11.5. The minimum atomic E-state index is -0.818. The van der Waals surface area contributed by atoms with E-state index in [1.807, 2.05) is 11.8 Å². The second-order valence-corrected chi connectivity index (χ2v) is 5.67. The lowest BCUT2D eigenvalue weighted by molar-refractivity contribution is -0.137. The Morgan fingerprint density at radius 1 is 1.37 bits per heavy atom. The predicted octanol–water partition coefficient (Wildman–Crippen LogP) is 0.587. The van der Waals surface area contributed by atoms with Crippen LogP contribution in [-0.2, 0) is 4.79 Å². The number of carboxylic acids is 1. The first kappa shape index (κ1) is 14.1. The molecule has 0 radical (unpaired) electrons. The number of carboxylic acid groups (broad SMARTS) is 1. The lowest BCUT2D eigenvalue weighted by Gasteiger charge is -2.37. The molecule has 2 fully saturated rings. The topological polar surface area (TPSA) is 72.9 Å². The van der Waals surface area contributed by atoms with Gasteiger partial charge in [-0.3, -0.25) is 9.69 Å². The van der Waals surface area contributed by atoms with Gasteiger partial charge in [0.2, 0.25) is 0 Å². The molecule has 0 bridgehead atoms. The van der Waals surface area contributed by atoms with E-state index < -0.39 is 5.97 Å². The van der Waals surface area contributed by atoms with Gasteiger partial charge in [0.15, 0.2) is 0 Å². The third-order valence-electron chi connectivity index (χ3n) is 4.00. The van der Waals surface area contributed by atoms with E-state index in [-0.39, 0.29) is 18.4 Å². The molecule has 2 rings (SSSR count). The van der Waals surface area contributed by atoms with Gasteiger partial charge in [0.05, 0.1) is 0 Å². The van der Waals surface area contributed by atoms with Crippen LogP contribution in [0.2, 0.25) is 0 Å². The number of urea groups is 1. The third-order valence-corrected chi connectivity index (χ3v) is 4.00. The van der Waals surface area contributed by atoms with Gasteiger partial charge in [0, 0.05) is 38.6 Å². The van der Waals surface area contributed by atoms with Crippen LogP contribution in [0.4, 0.5) is 4.79 Å². The summed E-state index contributed by atoms with van der Waals surface area (Å²) in [6.45, 7) is 5.96. The zero-order valence-corrected chi connectivity index (χ0v) is 11.5. The normalized spacial score (nSPS) is 24.9. The number of rotatable bonds is 4. The maximum Gasteiger partial charge on any atom is 0.317 e. The maximum atomic E-state index is 12.0. The standard InChI is InChI=1S/C13H23N3O3/c1-10(7-12(17)18)8-14-13(19)16-6-5-15-4-2-3-11(15)9-16/h10-11H,2-9H2,1H3,(H,14,19)(H,17,18). The van der Waals surface area contributed by atoms with Crippen molar-refractivity contribution >= 4 is 12.0 Å². The molecule has 0 aromatic rings. The van der Waals surface area contributed by atoms with E-state index in [0.29, 0.717) is 12.6 Å². The first-order chi connectivity index (χ1) is 9.06. The molecule has 19 heavy (non-hydrogen) atoms. The van der Waals surface area contributed by atoms with E-state index in [1.165, 1.54) is 12.8 Å². The fourth-order valence-corrected chi connectivity index (χ4v) is 2.92. The highest BCUT2D eigenvalue weighted by molar-refractivity contribution is 5.74. The van der Waals surface area contributed by atoms with Gasteiger partial charge in [-0.05, 0) is 25.3 Å². The van der Waals surface area contributed by atoms with Crippen LogP contribution in [0, 0.1) is 5.92 Å². The Labute approximate surface area is 113 Å². The fourth-order valence-electron chi connectivity index (χ4n) is 2.92. The van der Waals surface area contributed by atoms with Gasteiger partial charge in [-0.25, -0.2) is 4.79 Å². The van der Waals surface area contributed by atoms with Gasteiger partial charge in [-0.15, -0.1) is 0 Å². The van der Waals surface area contributed by atoms with E-state index in [0.717, 1.165) is 26.2 Å². The van der Waals surface area contributed by atoms with E-state index in [4.69, 9.17) is 5.11 Å². The molecule has 2 aliphatic rings. The highest BCUT2D eigenvalue weighted by Gasteiger charge is 2.32. The molecule has 2 amide bonds. The molecule has 2 aliphatic heterocycles. The first-order valence-corrected chi connectivity index (χ1v) is 7.05. The molecule has 0 aliphatic carbocycles. The number of hydrogen-bond acceptors (Lipinski definition) is 3. The summed E-state index contributed by atoms with van der Waals surface area (Å²) in [4.78, 5) is 26.9. The summed E-state index contributed by atoms with van der Waals surface area (Å²) in [6, 6.07) is 0.472. The van der Waals surface area contributed by atoms with Crippen molar-refractivity contribution in [1.82, 2.24) is 15.1 Å². The van der Waals surface area contributed by atoms with E-state index in [1.54, 1.807) is 0 Å². The van der Waals surface area contributed by atoms with Crippen molar-refractivity contribution in [2.75, 3.05) is 32.7 Å². The molecule has 0 aromatic carbocycles. The van der Waals surface area contributed by atoms with Crippen LogP contribution in [-0.4, -0.2) is 65.7 Å². The molecule has 6 nitrogen and oxygen atoms in total. The summed E-state index contributed by atoms with van der Waals surface area (Å²) < 4.78 is 0. The summed E-state index contributed by atoms with van der Waals surface area (Å²) in [5.74, 6) is -0.851. The van der Waals surface area contributed by atoms with Crippen LogP contribution in [0.15, 0.2) is 0 Å². The van der Waals surface area contributed by atoms with Gasteiger partial charge in [0.25, 0.3) is 0 Å². The highest BCUT2D eigenvalue weighted by atomic mass is 16.4. The largest absolute Gasteiger partial charge is 0.481 e. The van der Waals surface area contributed by atoms with E-state index in [9.17, 15) is 9.59 Å². The number of carbonyl (C=O) groups is 2. The van der Waals surface area contributed by atoms with E-state index >= 15 is 0 Å². The number of nitrogens with zero attached hydrogens (tertiary/aromatic N) is 2. The van der Waals surface area contributed by atoms with E-state index in [2.05, 4.69) is 10.2 Å². The minimum absolute atomic E-state index is 0.0331. The Morgan fingerprint density at radius 3 is 2.89 bits per heavy atom. The van der Waals surface area contributed by atoms with Crippen LogP contribution >= 0.6 is 0 Å². The van der Waals surface area contributed by atoms with Crippen LogP contribution in [0.1, 0.15) is 26.2 Å². The third kappa shape index (κ3) is 3.83. The number of aliphatic carboxylic acids is 1. The van der Waals surface area contributed by atoms with Crippen LogP contribution in [0.25, 0.3) is 0 Å². The van der Waals surface area contributed by atoms with Gasteiger partial charge in [-0.1, -0.05) is 6.92 Å². The average Bonchev–Trinajstić information content (AvgIpc) is 2.82. The van der Waals surface area contributed by atoms with Gasteiger partial charge < -0.3 is 15.3 Å². The lowest BCUT2D eigenvalue weighted by Crippen LogP contribution is -2.54. The lowest BCUT2D eigenvalue weighted by atomic mass is 10.1. The minimum Gasteiger partial charge on any atom is -0.481 e. The fraction of sp³-hybridized carbons (Fsp3) is 0.846. The molecule has 108 valence electrons. The zero-order chi connectivity index (χ0) is 13.8. The van der Waals surface area contributed by atoms with Gasteiger partial charge in [0.1, 0.15) is 0 Å². The Balaban J connectivity index is 1.72. The molecule has 2 saturated heterocycles. The smallest absolute Gasteiger partial charge is 0.317 e. The Kier molecular flexibility index (Phi) is 4.63. The van der Waals surface area contributed by atoms with Crippen molar-refractivity contribution in [3.05, 3.63) is 0 Å². The first-order valence-electron chi connectivity index (χ1n) is 7.05. The van der Waals surface area contributed by atoms with Crippen LogP contribution < -0.4 is 5.32 Å². The number of nitrogens with one attached hydrogen (secondary N) is 1. The highest BCUT2D eigenvalue weighted by Crippen LogP contribution is 2.21. The number of fused-ring (bicyclic) bond motifs is 1. The molecular formula is C13H23N3O3. The number of carbonyl (C=O) groups excluding carboxylic acids is 1. The maximum absolute atomic E-state index is 12.0. The molecule has 6 heteroatoms. The van der Waals surface area contributed by atoms with Crippen molar-refractivity contribution in [3.63, 3.8) is 0 Å². The Hall–Kier alpha value is -1.30. The van der Waals surface area contributed by atoms with Crippen molar-refractivity contribution < 1.29 is 14.7 Å². The predicted molar refractivity (Wildman–Crippen MR) is 71.0 cm³/mol. The van der Waals surface area contributed by atoms with Crippen molar-refractivity contribution in [2.24, 2.45) is 5.92 Å². The number of amides is 2. The van der Waals surface area contributed by atoms with Crippen molar-refractivity contribution in [3.8, 4) is 0 Å². The van der Waals surface area contributed by atoms with Crippen LogP contribution in [0.3, 0.4) is 0 Å². The van der Waals surface area contributed by atoms with Gasteiger partial charge in [-0.2, -0.15) is 0 Å². The molecule has 0 aromatic heterocycles. The Morgan fingerprint density at radius 2 is 2.16 bits per heavy atom. The second kappa shape index (κ2) is 6.23. The second-order valence-electron chi connectivity index (χ2n) is 5.67. The molecule has 0 saturated carbocycles. The molecule has 2 heterocycles. The SMILES string of the molecule is CC(CNC(=O)N1CCN2CCCC2C1)CC(=O)O. The molecule has 2 unspecified atom stereocenters. The summed E-state index contributed by atoms with van der Waals surface area (Å²) in [7, 11) is 0. The summed E-state index contributed by atoms with van der Waals surface area (Å²) in [6.07, 6.45) is 2.51. The van der Waals surface area contributed by atoms with Gasteiger partial charge >= 0.3 is 12.0 Å². The van der Waals surface area contributed by atoms with Crippen molar-refractivity contribution in [1.29, 1.82) is 0 Å².